The lowest BCUT2D eigenvalue weighted by atomic mass is 9.93. The van der Waals surface area contributed by atoms with E-state index in [1.807, 2.05) is 20.8 Å². The van der Waals surface area contributed by atoms with Crippen LogP contribution in [0.3, 0.4) is 0 Å². The first kappa shape index (κ1) is 16.2. The molecule has 0 radical (unpaired) electrons. The zero-order valence-corrected chi connectivity index (χ0v) is 13.5. The number of ether oxygens (including phenoxy) is 1. The zero-order valence-electron chi connectivity index (χ0n) is 12.7. The van der Waals surface area contributed by atoms with Gasteiger partial charge in [0.2, 0.25) is 0 Å². The summed E-state index contributed by atoms with van der Waals surface area (Å²) in [7, 11) is -3.40. The van der Waals surface area contributed by atoms with E-state index in [2.05, 4.69) is 0 Å². The van der Waals surface area contributed by atoms with Gasteiger partial charge in [-0.25, -0.2) is 0 Å². The molecule has 2 rings (SSSR count). The molecule has 6 nitrogen and oxygen atoms in total. The van der Waals surface area contributed by atoms with Crippen LogP contribution in [0.25, 0.3) is 0 Å². The smallest absolute Gasteiger partial charge is 0.282 e. The summed E-state index contributed by atoms with van der Waals surface area (Å²) >= 11 is 0. The van der Waals surface area contributed by atoms with Crippen molar-refractivity contribution in [3.63, 3.8) is 0 Å². The molecule has 2 fully saturated rings. The highest BCUT2D eigenvalue weighted by molar-refractivity contribution is 7.86. The lowest BCUT2D eigenvalue weighted by Crippen LogP contribution is -2.57. The first-order valence-corrected chi connectivity index (χ1v) is 8.86. The maximum atomic E-state index is 12.8. The molecule has 0 saturated carbocycles. The maximum Gasteiger partial charge on any atom is 0.282 e. The quantitative estimate of drug-likeness (QED) is 0.819. The standard InChI is InChI=1S/C13H27N3O3S/c1-10-9-19-11(2)7-16(10)20(17,18)15-6-4-5-13(8-15)12(3)14/h10-13H,4-9,14H2,1-3H3/t10-,11-,12+,13+/m1/s1. The molecule has 2 N–H and O–H groups in total. The van der Waals surface area contributed by atoms with Crippen LogP contribution in [0.4, 0.5) is 0 Å². The Labute approximate surface area is 122 Å². The molecule has 0 unspecified atom stereocenters. The molecule has 2 aliphatic rings. The van der Waals surface area contributed by atoms with Crippen molar-refractivity contribution >= 4 is 10.2 Å². The van der Waals surface area contributed by atoms with Crippen LogP contribution in [-0.4, -0.2) is 61.5 Å². The largest absolute Gasteiger partial charge is 0.375 e. The molecule has 7 heteroatoms. The van der Waals surface area contributed by atoms with E-state index in [0.29, 0.717) is 26.2 Å². The fraction of sp³-hybridized carbons (Fsp3) is 1.00. The molecule has 0 bridgehead atoms. The van der Waals surface area contributed by atoms with Crippen LogP contribution in [0.1, 0.15) is 33.6 Å². The molecule has 118 valence electrons. The fourth-order valence-corrected chi connectivity index (χ4v) is 4.91. The molecule has 0 aromatic carbocycles. The lowest BCUT2D eigenvalue weighted by molar-refractivity contribution is -0.0195. The topological polar surface area (TPSA) is 75.9 Å². The Morgan fingerprint density at radius 3 is 2.65 bits per heavy atom. The van der Waals surface area contributed by atoms with Crippen molar-refractivity contribution < 1.29 is 13.2 Å². The highest BCUT2D eigenvalue weighted by Gasteiger charge is 2.39. The maximum absolute atomic E-state index is 12.8. The summed E-state index contributed by atoms with van der Waals surface area (Å²) in [5, 5.41) is 0. The molecular weight excluding hydrogens is 278 g/mol. The van der Waals surface area contributed by atoms with Gasteiger partial charge in [-0.2, -0.15) is 17.0 Å². The minimum Gasteiger partial charge on any atom is -0.375 e. The number of nitrogens with zero attached hydrogens (tertiary/aromatic N) is 2. The summed E-state index contributed by atoms with van der Waals surface area (Å²) in [6.07, 6.45) is 1.85. The van der Waals surface area contributed by atoms with Gasteiger partial charge in [0.05, 0.1) is 12.7 Å². The Balaban J connectivity index is 2.12. The van der Waals surface area contributed by atoms with Crippen molar-refractivity contribution in [1.82, 2.24) is 8.61 Å². The van der Waals surface area contributed by atoms with E-state index in [1.54, 1.807) is 8.61 Å². The number of hydrogen-bond donors (Lipinski definition) is 1. The second-order valence-electron chi connectivity index (χ2n) is 6.19. The van der Waals surface area contributed by atoms with Crippen LogP contribution >= 0.6 is 0 Å². The average molecular weight is 305 g/mol. The molecule has 0 aliphatic carbocycles. The SMILES string of the molecule is C[C@@H]1CN(S(=O)(=O)N2CCC[C@H]([C@H](C)N)C2)[C@H](C)CO1. The third-order valence-corrected chi connectivity index (χ3v) is 6.42. The van der Waals surface area contributed by atoms with Crippen molar-refractivity contribution in [1.29, 1.82) is 0 Å². The summed E-state index contributed by atoms with van der Waals surface area (Å²) in [5.41, 5.74) is 5.95. The molecule has 2 saturated heterocycles. The van der Waals surface area contributed by atoms with Crippen LogP contribution in [0.5, 0.6) is 0 Å². The van der Waals surface area contributed by atoms with Gasteiger partial charge in [0.25, 0.3) is 10.2 Å². The van der Waals surface area contributed by atoms with E-state index in [1.165, 1.54) is 0 Å². The summed E-state index contributed by atoms with van der Waals surface area (Å²) in [6.45, 7) is 7.81. The van der Waals surface area contributed by atoms with Gasteiger partial charge in [0, 0.05) is 31.7 Å². The van der Waals surface area contributed by atoms with Crippen LogP contribution in [0.15, 0.2) is 0 Å². The Kier molecular flexibility index (Phi) is 5.07. The normalized spacial score (nSPS) is 35.9. The van der Waals surface area contributed by atoms with Crippen molar-refractivity contribution in [3.8, 4) is 0 Å². The predicted molar refractivity (Wildman–Crippen MR) is 78.4 cm³/mol. The average Bonchev–Trinajstić information content (AvgIpc) is 2.41. The van der Waals surface area contributed by atoms with Crippen molar-refractivity contribution in [3.05, 3.63) is 0 Å². The first-order chi connectivity index (χ1) is 9.32. The highest BCUT2D eigenvalue weighted by atomic mass is 32.2. The third-order valence-electron chi connectivity index (χ3n) is 4.34. The minimum atomic E-state index is -3.40. The molecule has 0 spiro atoms. The fourth-order valence-electron chi connectivity index (χ4n) is 2.96. The molecule has 2 aliphatic heterocycles. The van der Waals surface area contributed by atoms with Crippen LogP contribution < -0.4 is 5.73 Å². The Bertz CT molecular complexity index is 427. The van der Waals surface area contributed by atoms with E-state index in [-0.39, 0.29) is 24.1 Å². The van der Waals surface area contributed by atoms with E-state index in [0.717, 1.165) is 12.8 Å². The lowest BCUT2D eigenvalue weighted by Gasteiger charge is -2.41. The van der Waals surface area contributed by atoms with Crippen LogP contribution in [0, 0.1) is 5.92 Å². The van der Waals surface area contributed by atoms with Crippen molar-refractivity contribution in [2.45, 2.75) is 51.8 Å². The van der Waals surface area contributed by atoms with Crippen molar-refractivity contribution in [2.24, 2.45) is 11.7 Å². The highest BCUT2D eigenvalue weighted by Crippen LogP contribution is 2.25. The number of piperidine rings is 1. The number of nitrogens with two attached hydrogens (primary N) is 1. The summed E-state index contributed by atoms with van der Waals surface area (Å²) in [4.78, 5) is 0. The second kappa shape index (κ2) is 6.27. The Morgan fingerprint density at radius 2 is 2.00 bits per heavy atom. The number of morpholine rings is 1. The molecule has 4 atom stereocenters. The summed E-state index contributed by atoms with van der Waals surface area (Å²) in [6, 6.07) is -0.0686. The molecular formula is C13H27N3O3S. The van der Waals surface area contributed by atoms with Gasteiger partial charge in [-0.15, -0.1) is 0 Å². The summed E-state index contributed by atoms with van der Waals surface area (Å²) in [5.74, 6) is 0.257. The van der Waals surface area contributed by atoms with E-state index in [4.69, 9.17) is 10.5 Å². The van der Waals surface area contributed by atoms with E-state index >= 15 is 0 Å². The minimum absolute atomic E-state index is 0.0361. The second-order valence-corrected chi connectivity index (χ2v) is 8.07. The van der Waals surface area contributed by atoms with Crippen LogP contribution in [0.2, 0.25) is 0 Å². The molecule has 0 aromatic rings. The van der Waals surface area contributed by atoms with Gasteiger partial charge in [-0.05, 0) is 39.5 Å². The Hall–Kier alpha value is -0.210. The zero-order chi connectivity index (χ0) is 14.9. The van der Waals surface area contributed by atoms with Gasteiger partial charge in [-0.1, -0.05) is 0 Å². The predicted octanol–water partition coefficient (Wildman–Crippen LogP) is 0.400. The molecule has 20 heavy (non-hydrogen) atoms. The van der Waals surface area contributed by atoms with Crippen LogP contribution in [-0.2, 0) is 14.9 Å². The third kappa shape index (κ3) is 3.33. The summed E-state index contributed by atoms with van der Waals surface area (Å²) < 4.78 is 34.4. The van der Waals surface area contributed by atoms with Gasteiger partial charge < -0.3 is 10.5 Å². The van der Waals surface area contributed by atoms with Gasteiger partial charge in [-0.3, -0.25) is 0 Å². The Morgan fingerprint density at radius 1 is 1.30 bits per heavy atom. The van der Waals surface area contributed by atoms with Gasteiger partial charge >= 0.3 is 0 Å². The molecule has 0 amide bonds. The number of hydrogen-bond acceptors (Lipinski definition) is 4. The monoisotopic (exact) mass is 305 g/mol. The van der Waals surface area contributed by atoms with Crippen molar-refractivity contribution in [2.75, 3.05) is 26.2 Å². The van der Waals surface area contributed by atoms with Gasteiger partial charge in [0.1, 0.15) is 0 Å². The molecule has 0 aromatic heterocycles. The first-order valence-electron chi connectivity index (χ1n) is 7.46. The number of rotatable bonds is 3. The van der Waals surface area contributed by atoms with E-state index in [9.17, 15) is 8.42 Å². The van der Waals surface area contributed by atoms with Gasteiger partial charge in [0.15, 0.2) is 0 Å². The molecule has 2 heterocycles. The van der Waals surface area contributed by atoms with E-state index < -0.39 is 10.2 Å².